The summed E-state index contributed by atoms with van der Waals surface area (Å²) in [4.78, 5) is 0. The molecule has 4 rings (SSSR count). The molecule has 1 aromatic heterocycles. The SMILES string of the molecule is COc1cccc([C@H]2C[C@H](c3cccc(OC)c3)Nc3nnnn32)c1. The van der Waals surface area contributed by atoms with Crippen molar-refractivity contribution in [2.24, 2.45) is 0 Å². The second-order valence-corrected chi connectivity index (χ2v) is 5.95. The number of ether oxygens (including phenoxy) is 2. The van der Waals surface area contributed by atoms with Gasteiger partial charge >= 0.3 is 0 Å². The maximum Gasteiger partial charge on any atom is 0.243 e. The Morgan fingerprint density at radius 2 is 1.68 bits per heavy atom. The van der Waals surface area contributed by atoms with E-state index in [-0.39, 0.29) is 12.1 Å². The average molecular weight is 337 g/mol. The molecule has 2 atom stereocenters. The van der Waals surface area contributed by atoms with Crippen LogP contribution in [-0.2, 0) is 0 Å². The molecule has 2 aromatic carbocycles. The first-order valence-corrected chi connectivity index (χ1v) is 8.11. The molecule has 0 unspecified atom stereocenters. The molecule has 2 heterocycles. The Labute approximate surface area is 145 Å². The summed E-state index contributed by atoms with van der Waals surface area (Å²) in [5.74, 6) is 2.32. The first kappa shape index (κ1) is 15.4. The second kappa shape index (κ2) is 6.43. The van der Waals surface area contributed by atoms with E-state index in [4.69, 9.17) is 9.47 Å². The van der Waals surface area contributed by atoms with E-state index in [0.717, 1.165) is 29.0 Å². The zero-order valence-electron chi connectivity index (χ0n) is 14.1. The Bertz CT molecular complexity index is 879. The summed E-state index contributed by atoms with van der Waals surface area (Å²) in [6.45, 7) is 0. The Morgan fingerprint density at radius 1 is 1.00 bits per heavy atom. The van der Waals surface area contributed by atoms with Gasteiger partial charge in [-0.1, -0.05) is 29.4 Å². The predicted molar refractivity (Wildman–Crippen MR) is 92.9 cm³/mol. The van der Waals surface area contributed by atoms with Crippen LogP contribution in [-0.4, -0.2) is 34.4 Å². The maximum atomic E-state index is 5.36. The molecule has 0 saturated carbocycles. The van der Waals surface area contributed by atoms with Crippen molar-refractivity contribution in [2.75, 3.05) is 19.5 Å². The van der Waals surface area contributed by atoms with Gasteiger partial charge in [-0.2, -0.15) is 0 Å². The topological polar surface area (TPSA) is 74.1 Å². The Kier molecular flexibility index (Phi) is 3.97. The van der Waals surface area contributed by atoms with Crippen molar-refractivity contribution in [3.8, 4) is 11.5 Å². The number of nitrogens with zero attached hydrogens (tertiary/aromatic N) is 4. The third kappa shape index (κ3) is 2.88. The summed E-state index contributed by atoms with van der Waals surface area (Å²) in [7, 11) is 3.34. The highest BCUT2D eigenvalue weighted by Crippen LogP contribution is 2.38. The lowest BCUT2D eigenvalue weighted by molar-refractivity contribution is 0.402. The van der Waals surface area contributed by atoms with Gasteiger partial charge in [-0.3, -0.25) is 0 Å². The molecular weight excluding hydrogens is 318 g/mol. The van der Waals surface area contributed by atoms with E-state index in [0.29, 0.717) is 5.95 Å². The van der Waals surface area contributed by atoms with Crippen LogP contribution in [0.25, 0.3) is 0 Å². The summed E-state index contributed by atoms with van der Waals surface area (Å²) >= 11 is 0. The highest BCUT2D eigenvalue weighted by molar-refractivity contribution is 5.41. The minimum Gasteiger partial charge on any atom is -0.497 e. The zero-order valence-corrected chi connectivity index (χ0v) is 14.1. The molecule has 25 heavy (non-hydrogen) atoms. The Hall–Kier alpha value is -3.09. The molecule has 3 aromatic rings. The van der Waals surface area contributed by atoms with Crippen LogP contribution in [0.1, 0.15) is 29.6 Å². The molecule has 0 saturated heterocycles. The van der Waals surface area contributed by atoms with Crippen molar-refractivity contribution in [2.45, 2.75) is 18.5 Å². The molecule has 0 amide bonds. The molecule has 1 N–H and O–H groups in total. The van der Waals surface area contributed by atoms with Crippen molar-refractivity contribution in [3.05, 3.63) is 59.7 Å². The summed E-state index contributed by atoms with van der Waals surface area (Å²) in [6, 6.07) is 16.2. The van der Waals surface area contributed by atoms with Gasteiger partial charge in [0.2, 0.25) is 5.95 Å². The summed E-state index contributed by atoms with van der Waals surface area (Å²) in [6.07, 6.45) is 0.818. The Morgan fingerprint density at radius 3 is 2.40 bits per heavy atom. The Balaban J connectivity index is 1.72. The number of anilines is 1. The van der Waals surface area contributed by atoms with Gasteiger partial charge in [0.05, 0.1) is 26.3 Å². The molecule has 128 valence electrons. The number of aromatic nitrogens is 4. The van der Waals surface area contributed by atoms with Gasteiger partial charge in [0, 0.05) is 0 Å². The molecular formula is C18H19N5O2. The summed E-state index contributed by atoms with van der Waals surface area (Å²) in [5, 5.41) is 15.5. The van der Waals surface area contributed by atoms with Crippen molar-refractivity contribution in [3.63, 3.8) is 0 Å². The minimum absolute atomic E-state index is 0.0255. The van der Waals surface area contributed by atoms with Gasteiger partial charge in [-0.05, 0) is 52.2 Å². The van der Waals surface area contributed by atoms with Gasteiger partial charge in [-0.25, -0.2) is 4.68 Å². The van der Waals surface area contributed by atoms with E-state index in [9.17, 15) is 0 Å². The molecule has 0 bridgehead atoms. The number of rotatable bonds is 4. The molecule has 0 spiro atoms. The van der Waals surface area contributed by atoms with Crippen molar-refractivity contribution in [1.29, 1.82) is 0 Å². The number of tetrazole rings is 1. The van der Waals surface area contributed by atoms with E-state index >= 15 is 0 Å². The van der Waals surface area contributed by atoms with E-state index < -0.39 is 0 Å². The fraction of sp³-hybridized carbons (Fsp3) is 0.278. The molecule has 0 radical (unpaired) electrons. The fourth-order valence-electron chi connectivity index (χ4n) is 3.24. The zero-order chi connectivity index (χ0) is 17.2. The first-order chi connectivity index (χ1) is 12.3. The monoisotopic (exact) mass is 337 g/mol. The van der Waals surface area contributed by atoms with Crippen LogP contribution in [0.3, 0.4) is 0 Å². The largest absolute Gasteiger partial charge is 0.497 e. The number of hydrogen-bond donors (Lipinski definition) is 1. The molecule has 1 aliphatic heterocycles. The van der Waals surface area contributed by atoms with E-state index in [1.807, 2.05) is 41.1 Å². The predicted octanol–water partition coefficient (Wildman–Crippen LogP) is 2.84. The third-order valence-electron chi connectivity index (χ3n) is 4.53. The van der Waals surface area contributed by atoms with Gasteiger partial charge in [0.25, 0.3) is 0 Å². The first-order valence-electron chi connectivity index (χ1n) is 8.11. The highest BCUT2D eigenvalue weighted by atomic mass is 16.5. The van der Waals surface area contributed by atoms with Gasteiger partial charge < -0.3 is 14.8 Å². The number of methoxy groups -OCH3 is 2. The molecule has 7 heteroatoms. The summed E-state index contributed by atoms with van der Waals surface area (Å²) in [5.41, 5.74) is 2.25. The van der Waals surface area contributed by atoms with Gasteiger partial charge in [0.1, 0.15) is 11.5 Å². The third-order valence-corrected chi connectivity index (χ3v) is 4.53. The van der Waals surface area contributed by atoms with Gasteiger partial charge in [0.15, 0.2) is 0 Å². The summed E-state index contributed by atoms with van der Waals surface area (Å²) < 4.78 is 12.5. The average Bonchev–Trinajstić information content (AvgIpc) is 3.16. The lowest BCUT2D eigenvalue weighted by Gasteiger charge is -2.31. The molecule has 7 nitrogen and oxygen atoms in total. The normalized spacial score (nSPS) is 19.0. The number of fused-ring (bicyclic) bond motifs is 1. The molecule has 0 aliphatic carbocycles. The lowest BCUT2D eigenvalue weighted by Crippen LogP contribution is -2.28. The van der Waals surface area contributed by atoms with Crippen LogP contribution in [0.4, 0.5) is 5.95 Å². The standard InChI is InChI=1S/C18H19N5O2/c1-24-14-7-3-5-12(9-14)16-11-17(23-18(19-16)20-21-22-23)13-6-4-8-15(10-13)25-2/h3-10,16-17H,11H2,1-2H3,(H,19,20,22)/t16-,17-/m1/s1. The highest BCUT2D eigenvalue weighted by Gasteiger charge is 2.31. The lowest BCUT2D eigenvalue weighted by atomic mass is 9.93. The van der Waals surface area contributed by atoms with E-state index in [1.165, 1.54) is 0 Å². The second-order valence-electron chi connectivity index (χ2n) is 5.95. The smallest absolute Gasteiger partial charge is 0.243 e. The molecule has 0 fully saturated rings. The number of nitrogens with one attached hydrogen (secondary N) is 1. The van der Waals surface area contributed by atoms with Gasteiger partial charge in [-0.15, -0.1) is 0 Å². The quantitative estimate of drug-likeness (QED) is 0.789. The van der Waals surface area contributed by atoms with Crippen LogP contribution in [0, 0.1) is 0 Å². The van der Waals surface area contributed by atoms with Crippen LogP contribution in [0.15, 0.2) is 48.5 Å². The maximum absolute atomic E-state index is 5.36. The van der Waals surface area contributed by atoms with Crippen LogP contribution in [0.2, 0.25) is 0 Å². The fourth-order valence-corrected chi connectivity index (χ4v) is 3.24. The van der Waals surface area contributed by atoms with E-state index in [2.05, 4.69) is 33.0 Å². The van der Waals surface area contributed by atoms with Crippen LogP contribution >= 0.6 is 0 Å². The van der Waals surface area contributed by atoms with Crippen molar-refractivity contribution >= 4 is 5.95 Å². The van der Waals surface area contributed by atoms with Crippen molar-refractivity contribution in [1.82, 2.24) is 20.2 Å². The van der Waals surface area contributed by atoms with Crippen molar-refractivity contribution < 1.29 is 9.47 Å². The van der Waals surface area contributed by atoms with E-state index in [1.54, 1.807) is 14.2 Å². The number of hydrogen-bond acceptors (Lipinski definition) is 6. The number of benzene rings is 2. The minimum atomic E-state index is 0.0255. The van der Waals surface area contributed by atoms with Crippen LogP contribution < -0.4 is 14.8 Å². The van der Waals surface area contributed by atoms with Crippen LogP contribution in [0.5, 0.6) is 11.5 Å². The molecule has 1 aliphatic rings.